The standard InChI is InChI=1S/C13H24F4N2/c1-5-12(4)7-19(8-13(16,17)11(14)15)10(6-18-12)9(2)3/h9-11,18H,5-8H2,1-4H3. The number of halogens is 4. The van der Waals surface area contributed by atoms with E-state index in [1.807, 2.05) is 27.7 Å². The lowest BCUT2D eigenvalue weighted by molar-refractivity contribution is -0.153. The van der Waals surface area contributed by atoms with E-state index in [0.717, 1.165) is 6.42 Å². The molecule has 114 valence electrons. The predicted molar refractivity (Wildman–Crippen MR) is 67.8 cm³/mol. The van der Waals surface area contributed by atoms with Crippen LogP contribution in [0.1, 0.15) is 34.1 Å². The van der Waals surface area contributed by atoms with E-state index in [2.05, 4.69) is 5.32 Å². The average Bonchev–Trinajstić information content (AvgIpc) is 2.28. The second-order valence-electron chi connectivity index (χ2n) is 6.07. The Labute approximate surface area is 112 Å². The molecule has 1 fully saturated rings. The highest BCUT2D eigenvalue weighted by Crippen LogP contribution is 2.29. The van der Waals surface area contributed by atoms with E-state index in [0.29, 0.717) is 13.1 Å². The molecule has 1 heterocycles. The van der Waals surface area contributed by atoms with Gasteiger partial charge >= 0.3 is 12.3 Å². The largest absolute Gasteiger partial charge is 0.319 e. The fourth-order valence-electron chi connectivity index (χ4n) is 2.51. The molecule has 1 saturated heterocycles. The number of hydrogen-bond acceptors (Lipinski definition) is 2. The quantitative estimate of drug-likeness (QED) is 0.781. The van der Waals surface area contributed by atoms with Crippen molar-refractivity contribution in [1.82, 2.24) is 10.2 Å². The Bertz CT molecular complexity index is 296. The summed E-state index contributed by atoms with van der Waals surface area (Å²) in [6.45, 7) is 7.81. The van der Waals surface area contributed by atoms with Crippen molar-refractivity contribution in [2.75, 3.05) is 19.6 Å². The van der Waals surface area contributed by atoms with Crippen molar-refractivity contribution in [2.24, 2.45) is 5.92 Å². The highest BCUT2D eigenvalue weighted by atomic mass is 19.3. The van der Waals surface area contributed by atoms with Gasteiger partial charge in [-0.05, 0) is 19.3 Å². The van der Waals surface area contributed by atoms with Crippen LogP contribution in [-0.4, -0.2) is 48.5 Å². The Morgan fingerprint density at radius 1 is 1.37 bits per heavy atom. The van der Waals surface area contributed by atoms with Gasteiger partial charge in [0.05, 0.1) is 6.54 Å². The maximum atomic E-state index is 13.3. The van der Waals surface area contributed by atoms with E-state index in [1.54, 1.807) is 0 Å². The van der Waals surface area contributed by atoms with Gasteiger partial charge in [-0.2, -0.15) is 8.78 Å². The van der Waals surface area contributed by atoms with Crippen molar-refractivity contribution in [2.45, 2.75) is 58.0 Å². The van der Waals surface area contributed by atoms with Gasteiger partial charge in [0.1, 0.15) is 0 Å². The molecule has 2 unspecified atom stereocenters. The monoisotopic (exact) mass is 284 g/mol. The van der Waals surface area contributed by atoms with Crippen LogP contribution in [0.15, 0.2) is 0 Å². The number of alkyl halides is 4. The van der Waals surface area contributed by atoms with Crippen LogP contribution in [0.5, 0.6) is 0 Å². The fourth-order valence-corrected chi connectivity index (χ4v) is 2.51. The zero-order valence-corrected chi connectivity index (χ0v) is 12.0. The Morgan fingerprint density at radius 3 is 2.37 bits per heavy atom. The van der Waals surface area contributed by atoms with Gasteiger partial charge in [-0.15, -0.1) is 0 Å². The first kappa shape index (κ1) is 16.7. The van der Waals surface area contributed by atoms with E-state index in [-0.39, 0.29) is 17.5 Å². The first-order valence-electron chi connectivity index (χ1n) is 6.76. The summed E-state index contributed by atoms with van der Waals surface area (Å²) in [6.07, 6.45) is -2.84. The van der Waals surface area contributed by atoms with E-state index in [9.17, 15) is 17.6 Å². The maximum absolute atomic E-state index is 13.3. The van der Waals surface area contributed by atoms with Crippen LogP contribution in [0.3, 0.4) is 0 Å². The summed E-state index contributed by atoms with van der Waals surface area (Å²) < 4.78 is 51.4. The van der Waals surface area contributed by atoms with E-state index in [1.165, 1.54) is 4.90 Å². The maximum Gasteiger partial charge on any atom is 0.319 e. The summed E-state index contributed by atoms with van der Waals surface area (Å²) in [7, 11) is 0. The highest BCUT2D eigenvalue weighted by Gasteiger charge is 2.46. The highest BCUT2D eigenvalue weighted by molar-refractivity contribution is 4.96. The van der Waals surface area contributed by atoms with Crippen molar-refractivity contribution < 1.29 is 17.6 Å². The summed E-state index contributed by atoms with van der Waals surface area (Å²) in [5, 5.41) is 3.35. The van der Waals surface area contributed by atoms with E-state index < -0.39 is 18.9 Å². The molecular weight excluding hydrogens is 260 g/mol. The van der Waals surface area contributed by atoms with Gasteiger partial charge in [0.25, 0.3) is 0 Å². The third kappa shape index (κ3) is 4.05. The van der Waals surface area contributed by atoms with E-state index in [4.69, 9.17) is 0 Å². The molecule has 0 aromatic carbocycles. The molecule has 0 aromatic heterocycles. The van der Waals surface area contributed by atoms with Crippen LogP contribution in [0, 0.1) is 5.92 Å². The van der Waals surface area contributed by atoms with Crippen LogP contribution >= 0.6 is 0 Å². The smallest absolute Gasteiger partial charge is 0.309 e. The summed E-state index contributed by atoms with van der Waals surface area (Å²) in [6, 6.07) is -0.135. The van der Waals surface area contributed by atoms with Crippen LogP contribution in [-0.2, 0) is 0 Å². The summed E-state index contributed by atoms with van der Waals surface area (Å²) in [5.41, 5.74) is -0.288. The number of piperazine rings is 1. The van der Waals surface area contributed by atoms with Crippen LogP contribution < -0.4 is 5.32 Å². The number of nitrogens with one attached hydrogen (secondary N) is 1. The lowest BCUT2D eigenvalue weighted by atomic mass is 9.89. The van der Waals surface area contributed by atoms with Crippen molar-refractivity contribution in [3.8, 4) is 0 Å². The van der Waals surface area contributed by atoms with Gasteiger partial charge in [0.15, 0.2) is 0 Å². The predicted octanol–water partition coefficient (Wildman–Crippen LogP) is 2.99. The molecule has 1 aliphatic heterocycles. The molecule has 19 heavy (non-hydrogen) atoms. The first-order chi connectivity index (χ1) is 8.61. The minimum Gasteiger partial charge on any atom is -0.309 e. The van der Waals surface area contributed by atoms with Crippen molar-refractivity contribution in [3.63, 3.8) is 0 Å². The molecule has 0 aliphatic carbocycles. The van der Waals surface area contributed by atoms with Gasteiger partial charge in [0.2, 0.25) is 0 Å². The Hall–Kier alpha value is -0.360. The minimum absolute atomic E-state index is 0.135. The number of hydrogen-bond donors (Lipinski definition) is 1. The minimum atomic E-state index is -3.95. The number of nitrogens with zero attached hydrogens (tertiary/aromatic N) is 1. The SMILES string of the molecule is CCC1(C)CN(CC(F)(F)C(F)F)C(C(C)C)CN1. The van der Waals surface area contributed by atoms with Crippen molar-refractivity contribution >= 4 is 0 Å². The van der Waals surface area contributed by atoms with Gasteiger partial charge in [0, 0.05) is 24.7 Å². The second kappa shape index (κ2) is 5.95. The molecule has 0 amide bonds. The molecule has 1 aliphatic rings. The van der Waals surface area contributed by atoms with Gasteiger partial charge in [-0.25, -0.2) is 8.78 Å². The van der Waals surface area contributed by atoms with Crippen LogP contribution in [0.25, 0.3) is 0 Å². The summed E-state index contributed by atoms with van der Waals surface area (Å²) in [4.78, 5) is 1.52. The molecule has 0 saturated carbocycles. The first-order valence-corrected chi connectivity index (χ1v) is 6.76. The molecule has 1 rings (SSSR count). The van der Waals surface area contributed by atoms with Crippen molar-refractivity contribution in [1.29, 1.82) is 0 Å². The van der Waals surface area contributed by atoms with Crippen LogP contribution in [0.4, 0.5) is 17.6 Å². The third-order valence-corrected chi connectivity index (χ3v) is 4.04. The Balaban J connectivity index is 2.84. The van der Waals surface area contributed by atoms with Crippen LogP contribution in [0.2, 0.25) is 0 Å². The number of rotatable bonds is 5. The normalized spacial score (nSPS) is 30.3. The van der Waals surface area contributed by atoms with E-state index >= 15 is 0 Å². The zero-order valence-electron chi connectivity index (χ0n) is 12.0. The molecule has 0 bridgehead atoms. The molecule has 2 nitrogen and oxygen atoms in total. The van der Waals surface area contributed by atoms with Gasteiger partial charge in [-0.3, -0.25) is 4.90 Å². The van der Waals surface area contributed by atoms with Gasteiger partial charge in [-0.1, -0.05) is 20.8 Å². The lowest BCUT2D eigenvalue weighted by Crippen LogP contribution is -2.65. The molecule has 2 atom stereocenters. The molecule has 1 N–H and O–H groups in total. The Morgan fingerprint density at radius 2 is 1.95 bits per heavy atom. The third-order valence-electron chi connectivity index (χ3n) is 4.04. The Kier molecular flexibility index (Phi) is 5.23. The summed E-state index contributed by atoms with van der Waals surface area (Å²) >= 11 is 0. The topological polar surface area (TPSA) is 15.3 Å². The molecule has 0 spiro atoms. The molecule has 0 aromatic rings. The lowest BCUT2D eigenvalue weighted by Gasteiger charge is -2.48. The zero-order chi connectivity index (χ0) is 14.8. The fraction of sp³-hybridized carbons (Fsp3) is 1.00. The molecular formula is C13H24F4N2. The second-order valence-corrected chi connectivity index (χ2v) is 6.07. The molecule has 6 heteroatoms. The molecule has 0 radical (unpaired) electrons. The average molecular weight is 284 g/mol. The van der Waals surface area contributed by atoms with Gasteiger partial charge < -0.3 is 5.32 Å². The summed E-state index contributed by atoms with van der Waals surface area (Å²) in [5.74, 6) is -3.80. The van der Waals surface area contributed by atoms with Crippen molar-refractivity contribution in [3.05, 3.63) is 0 Å².